The van der Waals surface area contributed by atoms with Crippen LogP contribution in [0.15, 0.2) is 66.3 Å². The van der Waals surface area contributed by atoms with Gasteiger partial charge in [0.25, 0.3) is 0 Å². The van der Waals surface area contributed by atoms with Crippen LogP contribution < -0.4 is 10.6 Å². The minimum absolute atomic E-state index is 0.152. The first-order valence-corrected chi connectivity index (χ1v) is 9.18. The molecule has 4 nitrogen and oxygen atoms in total. The molecule has 4 rings (SSSR count). The van der Waals surface area contributed by atoms with Crippen molar-refractivity contribution in [3.05, 3.63) is 71.2 Å². The van der Waals surface area contributed by atoms with Gasteiger partial charge in [-0.25, -0.2) is 0 Å². The van der Waals surface area contributed by atoms with Gasteiger partial charge in [0, 0.05) is 47.5 Å². The average molecular weight is 349 g/mol. The summed E-state index contributed by atoms with van der Waals surface area (Å²) >= 11 is 1.70. The van der Waals surface area contributed by atoms with Crippen LogP contribution in [0.2, 0.25) is 0 Å². The lowest BCUT2D eigenvalue weighted by Gasteiger charge is -2.19. The average Bonchev–Trinajstić information content (AvgIpc) is 3.32. The molecule has 126 valence electrons. The van der Waals surface area contributed by atoms with Gasteiger partial charge in [-0.2, -0.15) is 0 Å². The Balaban J connectivity index is 1.63. The lowest BCUT2D eigenvalue weighted by atomic mass is 9.94. The van der Waals surface area contributed by atoms with Crippen molar-refractivity contribution in [2.45, 2.75) is 5.92 Å². The first kappa shape index (κ1) is 15.8. The highest BCUT2D eigenvalue weighted by Gasteiger charge is 2.38. The highest BCUT2D eigenvalue weighted by Crippen LogP contribution is 2.38. The summed E-state index contributed by atoms with van der Waals surface area (Å²) in [6, 6.07) is 16.5. The monoisotopic (exact) mass is 349 g/mol. The number of amides is 1. The van der Waals surface area contributed by atoms with Crippen LogP contribution in [-0.2, 0) is 4.79 Å². The lowest BCUT2D eigenvalue weighted by molar-refractivity contribution is -0.121. The second-order valence-electron chi connectivity index (χ2n) is 6.33. The van der Waals surface area contributed by atoms with Crippen LogP contribution in [0.5, 0.6) is 0 Å². The van der Waals surface area contributed by atoms with Gasteiger partial charge in [-0.05, 0) is 35.2 Å². The van der Waals surface area contributed by atoms with Crippen molar-refractivity contribution in [3.8, 4) is 11.1 Å². The van der Waals surface area contributed by atoms with Crippen LogP contribution in [0.25, 0.3) is 11.1 Å². The smallest absolute Gasteiger partial charge is 0.223 e. The van der Waals surface area contributed by atoms with Crippen molar-refractivity contribution in [2.24, 2.45) is 11.7 Å². The Morgan fingerprint density at radius 1 is 1.12 bits per heavy atom. The Bertz CT molecular complexity index is 864. The number of nitrogens with two attached hydrogens (primary N) is 1. The fourth-order valence-electron chi connectivity index (χ4n) is 3.51. The highest BCUT2D eigenvalue weighted by molar-refractivity contribution is 7.10. The number of rotatable bonds is 4. The van der Waals surface area contributed by atoms with Crippen LogP contribution in [0.1, 0.15) is 10.8 Å². The fraction of sp³-hybridized carbons (Fsp3) is 0.200. The Kier molecular flexibility index (Phi) is 4.24. The zero-order valence-electron chi connectivity index (χ0n) is 13.7. The number of aromatic nitrogens is 1. The molecule has 1 saturated heterocycles. The maximum absolute atomic E-state index is 12.0. The first-order valence-electron chi connectivity index (χ1n) is 8.30. The summed E-state index contributed by atoms with van der Waals surface area (Å²) in [5.41, 5.74) is 9.02. The third kappa shape index (κ3) is 3.15. The van der Waals surface area contributed by atoms with Crippen molar-refractivity contribution in [3.63, 3.8) is 0 Å². The van der Waals surface area contributed by atoms with E-state index in [9.17, 15) is 4.79 Å². The van der Waals surface area contributed by atoms with E-state index in [2.05, 4.69) is 51.7 Å². The minimum Gasteiger partial charge on any atom is -0.370 e. The predicted octanol–water partition coefficient (Wildman–Crippen LogP) is 3.52. The normalized spacial score (nSPS) is 19.9. The standard InChI is InChI=1S/C20H19N3OS/c21-20(24)18-13-23(12-17(18)19-7-3-9-25-19)16-6-1-4-14(10-16)15-5-2-8-22-11-15/h1-11,17-18H,12-13H2,(H2,21,24). The number of benzene rings is 1. The number of thiophene rings is 1. The number of hydrogen-bond donors (Lipinski definition) is 1. The number of hydrogen-bond acceptors (Lipinski definition) is 4. The number of nitrogens with zero attached hydrogens (tertiary/aromatic N) is 2. The number of pyridine rings is 1. The van der Waals surface area contributed by atoms with E-state index in [4.69, 9.17) is 5.73 Å². The molecule has 1 amide bonds. The number of anilines is 1. The Hall–Kier alpha value is -2.66. The van der Waals surface area contributed by atoms with E-state index in [0.717, 1.165) is 23.4 Å². The van der Waals surface area contributed by atoms with Gasteiger partial charge in [-0.15, -0.1) is 11.3 Å². The largest absolute Gasteiger partial charge is 0.370 e. The van der Waals surface area contributed by atoms with Crippen molar-refractivity contribution < 1.29 is 4.79 Å². The number of carbonyl (C=O) groups excluding carboxylic acids is 1. The molecular formula is C20H19N3OS. The van der Waals surface area contributed by atoms with Crippen molar-refractivity contribution in [1.82, 2.24) is 4.98 Å². The van der Waals surface area contributed by atoms with Crippen LogP contribution in [0, 0.1) is 5.92 Å². The fourth-order valence-corrected chi connectivity index (χ4v) is 4.39. The SMILES string of the molecule is NC(=O)C1CN(c2cccc(-c3cccnc3)c2)CC1c1cccs1. The van der Waals surface area contributed by atoms with E-state index in [-0.39, 0.29) is 17.7 Å². The van der Waals surface area contributed by atoms with Gasteiger partial charge in [-0.1, -0.05) is 24.3 Å². The molecule has 1 aliphatic rings. The molecule has 2 N–H and O–H groups in total. The summed E-state index contributed by atoms with van der Waals surface area (Å²) in [5.74, 6) is -0.204. The number of primary amides is 1. The molecule has 0 radical (unpaired) electrons. The third-order valence-corrected chi connectivity index (χ3v) is 5.80. The molecule has 1 fully saturated rings. The molecule has 2 unspecified atom stereocenters. The summed E-state index contributed by atoms with van der Waals surface area (Å²) in [6.07, 6.45) is 3.64. The molecule has 5 heteroatoms. The molecule has 2 atom stereocenters. The topological polar surface area (TPSA) is 59.2 Å². The molecular weight excluding hydrogens is 330 g/mol. The van der Waals surface area contributed by atoms with Gasteiger partial charge in [-0.3, -0.25) is 9.78 Å². The Labute approximate surface area is 150 Å². The molecule has 0 spiro atoms. The summed E-state index contributed by atoms with van der Waals surface area (Å²) in [7, 11) is 0. The van der Waals surface area contributed by atoms with Gasteiger partial charge in [0.2, 0.25) is 5.91 Å². The summed E-state index contributed by atoms with van der Waals surface area (Å²) in [6.45, 7) is 1.47. The zero-order valence-corrected chi connectivity index (χ0v) is 14.5. The first-order chi connectivity index (χ1) is 12.2. The van der Waals surface area contributed by atoms with E-state index >= 15 is 0 Å². The van der Waals surface area contributed by atoms with Crippen LogP contribution in [0.3, 0.4) is 0 Å². The molecule has 3 heterocycles. The lowest BCUT2D eigenvalue weighted by Crippen LogP contribution is -2.29. The summed E-state index contributed by atoms with van der Waals surface area (Å²) in [5, 5.41) is 2.05. The molecule has 0 saturated carbocycles. The van der Waals surface area contributed by atoms with Gasteiger partial charge in [0.1, 0.15) is 0 Å². The molecule has 2 aromatic heterocycles. The zero-order chi connectivity index (χ0) is 17.2. The number of carbonyl (C=O) groups is 1. The molecule has 1 aromatic carbocycles. The van der Waals surface area contributed by atoms with E-state index in [1.54, 1.807) is 17.5 Å². The van der Waals surface area contributed by atoms with Gasteiger partial charge in [0.05, 0.1) is 5.92 Å². The molecule has 1 aliphatic heterocycles. The van der Waals surface area contributed by atoms with Crippen molar-refractivity contribution in [2.75, 3.05) is 18.0 Å². The Morgan fingerprint density at radius 2 is 2.00 bits per heavy atom. The van der Waals surface area contributed by atoms with Crippen molar-refractivity contribution >= 4 is 22.9 Å². The molecule has 3 aromatic rings. The van der Waals surface area contributed by atoms with Crippen LogP contribution >= 0.6 is 11.3 Å². The molecule has 0 aliphatic carbocycles. The predicted molar refractivity (Wildman–Crippen MR) is 102 cm³/mol. The van der Waals surface area contributed by atoms with E-state index < -0.39 is 0 Å². The minimum atomic E-state index is -0.218. The van der Waals surface area contributed by atoms with Crippen LogP contribution in [0.4, 0.5) is 5.69 Å². The van der Waals surface area contributed by atoms with E-state index in [1.165, 1.54) is 4.88 Å². The maximum Gasteiger partial charge on any atom is 0.223 e. The van der Waals surface area contributed by atoms with Gasteiger partial charge < -0.3 is 10.6 Å². The highest BCUT2D eigenvalue weighted by atomic mass is 32.1. The quantitative estimate of drug-likeness (QED) is 0.784. The van der Waals surface area contributed by atoms with Crippen LogP contribution in [-0.4, -0.2) is 24.0 Å². The van der Waals surface area contributed by atoms with Gasteiger partial charge >= 0.3 is 0 Å². The van der Waals surface area contributed by atoms with E-state index in [1.807, 2.05) is 18.3 Å². The van der Waals surface area contributed by atoms with Gasteiger partial charge in [0.15, 0.2) is 0 Å². The van der Waals surface area contributed by atoms with Crippen molar-refractivity contribution in [1.29, 1.82) is 0 Å². The summed E-state index contributed by atoms with van der Waals surface area (Å²) in [4.78, 5) is 19.7. The van der Waals surface area contributed by atoms with E-state index in [0.29, 0.717) is 6.54 Å². The molecule has 0 bridgehead atoms. The second-order valence-corrected chi connectivity index (χ2v) is 7.31. The third-order valence-electron chi connectivity index (χ3n) is 4.80. The summed E-state index contributed by atoms with van der Waals surface area (Å²) < 4.78 is 0. The Morgan fingerprint density at radius 3 is 2.72 bits per heavy atom. The maximum atomic E-state index is 12.0. The molecule has 25 heavy (non-hydrogen) atoms. The second kappa shape index (κ2) is 6.69.